The summed E-state index contributed by atoms with van der Waals surface area (Å²) in [4.78, 5) is 0. The number of hydrogen-bond acceptors (Lipinski definition) is 4. The number of anilines is 2. The molecule has 0 fully saturated rings. The molecular formula is C8H7F2N3O. The van der Waals surface area contributed by atoms with Gasteiger partial charge in [-0.05, 0) is 12.1 Å². The molecule has 14 heavy (non-hydrogen) atoms. The minimum atomic E-state index is -3.04. The molecule has 0 atom stereocenters. The Hall–Kier alpha value is -2.03. The van der Waals surface area contributed by atoms with Crippen LogP contribution in [0.1, 0.15) is 5.56 Å². The van der Waals surface area contributed by atoms with E-state index < -0.39 is 6.61 Å². The molecule has 1 aromatic rings. The fraction of sp³-hybridized carbons (Fsp3) is 0.125. The van der Waals surface area contributed by atoms with Crippen molar-refractivity contribution in [1.82, 2.24) is 0 Å². The number of nitrogen functional groups attached to an aromatic ring is 2. The largest absolute Gasteiger partial charge is 0.431 e. The quantitative estimate of drug-likeness (QED) is 0.703. The Bertz CT molecular complexity index is 387. The molecule has 0 saturated heterocycles. The van der Waals surface area contributed by atoms with Crippen molar-refractivity contribution in [2.24, 2.45) is 0 Å². The first-order valence-electron chi connectivity index (χ1n) is 3.59. The molecule has 4 N–H and O–H groups in total. The summed E-state index contributed by atoms with van der Waals surface area (Å²) in [7, 11) is 0. The van der Waals surface area contributed by atoms with Crippen LogP contribution >= 0.6 is 0 Å². The Labute approximate surface area is 78.7 Å². The molecule has 0 aromatic heterocycles. The second-order valence-corrected chi connectivity index (χ2v) is 2.44. The summed E-state index contributed by atoms with van der Waals surface area (Å²) in [6, 6.07) is 4.30. The van der Waals surface area contributed by atoms with E-state index in [0.29, 0.717) is 0 Å². The number of halogens is 2. The minimum absolute atomic E-state index is 0.0722. The summed E-state index contributed by atoms with van der Waals surface area (Å²) < 4.78 is 27.9. The molecule has 6 heteroatoms. The number of rotatable bonds is 2. The molecule has 1 aromatic carbocycles. The lowest BCUT2D eigenvalue weighted by molar-refractivity contribution is -0.0494. The van der Waals surface area contributed by atoms with E-state index in [1.54, 1.807) is 6.07 Å². The van der Waals surface area contributed by atoms with Crippen molar-refractivity contribution >= 4 is 11.4 Å². The first kappa shape index (κ1) is 10.1. The molecule has 0 radical (unpaired) electrons. The highest BCUT2D eigenvalue weighted by molar-refractivity contribution is 5.74. The van der Waals surface area contributed by atoms with Gasteiger partial charge < -0.3 is 16.2 Å². The van der Waals surface area contributed by atoms with Crippen molar-refractivity contribution in [1.29, 1.82) is 5.26 Å². The zero-order valence-electron chi connectivity index (χ0n) is 7.00. The molecule has 0 amide bonds. The lowest BCUT2D eigenvalue weighted by Gasteiger charge is -2.10. The maximum atomic E-state index is 11.9. The lowest BCUT2D eigenvalue weighted by Crippen LogP contribution is -2.07. The lowest BCUT2D eigenvalue weighted by atomic mass is 10.1. The van der Waals surface area contributed by atoms with Crippen LogP contribution in [0.2, 0.25) is 0 Å². The number of ether oxygens (including phenoxy) is 1. The van der Waals surface area contributed by atoms with Crippen LogP contribution in [0.25, 0.3) is 0 Å². The van der Waals surface area contributed by atoms with E-state index in [2.05, 4.69) is 4.74 Å². The van der Waals surface area contributed by atoms with Gasteiger partial charge in [-0.1, -0.05) is 0 Å². The summed E-state index contributed by atoms with van der Waals surface area (Å²) >= 11 is 0. The van der Waals surface area contributed by atoms with Gasteiger partial charge >= 0.3 is 6.61 Å². The van der Waals surface area contributed by atoms with Crippen LogP contribution in [0.15, 0.2) is 12.1 Å². The molecule has 0 aliphatic carbocycles. The molecule has 4 nitrogen and oxygen atoms in total. The number of benzene rings is 1. The van der Waals surface area contributed by atoms with Gasteiger partial charge in [-0.15, -0.1) is 0 Å². The maximum absolute atomic E-state index is 11.9. The Balaban J connectivity index is 3.23. The second kappa shape index (κ2) is 3.79. The van der Waals surface area contributed by atoms with Crippen LogP contribution in [0, 0.1) is 11.3 Å². The Morgan fingerprint density at radius 3 is 2.50 bits per heavy atom. The molecule has 0 heterocycles. The van der Waals surface area contributed by atoms with Gasteiger partial charge in [0.05, 0.1) is 16.9 Å². The van der Waals surface area contributed by atoms with Gasteiger partial charge in [-0.2, -0.15) is 14.0 Å². The normalized spacial score (nSPS) is 9.86. The van der Waals surface area contributed by atoms with Gasteiger partial charge in [0.2, 0.25) is 0 Å². The van der Waals surface area contributed by atoms with Crippen molar-refractivity contribution in [3.05, 3.63) is 17.7 Å². The van der Waals surface area contributed by atoms with Gasteiger partial charge in [0, 0.05) is 0 Å². The third kappa shape index (κ3) is 1.82. The van der Waals surface area contributed by atoms with E-state index in [1.165, 1.54) is 12.1 Å². The van der Waals surface area contributed by atoms with Crippen LogP contribution in [0.4, 0.5) is 20.2 Å². The SMILES string of the molecule is N#Cc1ccc(N)c(N)c1OC(F)F. The van der Waals surface area contributed by atoms with E-state index in [0.717, 1.165) is 0 Å². The van der Waals surface area contributed by atoms with E-state index in [1.807, 2.05) is 0 Å². The molecule has 1 rings (SSSR count). The fourth-order valence-corrected chi connectivity index (χ4v) is 0.919. The molecule has 74 valence electrons. The summed E-state index contributed by atoms with van der Waals surface area (Å²) in [5.74, 6) is -0.373. The Morgan fingerprint density at radius 2 is 2.00 bits per heavy atom. The summed E-state index contributed by atoms with van der Waals surface area (Å²) in [6.07, 6.45) is 0. The monoisotopic (exact) mass is 199 g/mol. The summed E-state index contributed by atoms with van der Waals surface area (Å²) in [6.45, 7) is -3.04. The van der Waals surface area contributed by atoms with Gasteiger partial charge in [0.25, 0.3) is 0 Å². The minimum Gasteiger partial charge on any atom is -0.431 e. The first-order chi connectivity index (χ1) is 6.56. The van der Waals surface area contributed by atoms with Gasteiger partial charge in [-0.25, -0.2) is 0 Å². The smallest absolute Gasteiger partial charge is 0.387 e. The summed E-state index contributed by atoms with van der Waals surface area (Å²) in [5, 5.41) is 8.58. The van der Waals surface area contributed by atoms with Crippen LogP contribution in [0.5, 0.6) is 5.75 Å². The van der Waals surface area contributed by atoms with E-state index in [9.17, 15) is 8.78 Å². The van der Waals surface area contributed by atoms with Crippen LogP contribution < -0.4 is 16.2 Å². The van der Waals surface area contributed by atoms with Gasteiger partial charge in [0.15, 0.2) is 5.75 Å². The number of hydrogen-bond donors (Lipinski definition) is 2. The predicted molar refractivity (Wildman–Crippen MR) is 46.6 cm³/mol. The molecule has 0 aliphatic rings. The van der Waals surface area contributed by atoms with Crippen molar-refractivity contribution < 1.29 is 13.5 Å². The summed E-state index contributed by atoms with van der Waals surface area (Å²) in [5.41, 5.74) is 10.6. The van der Waals surface area contributed by atoms with E-state index in [4.69, 9.17) is 16.7 Å². The highest BCUT2D eigenvalue weighted by Gasteiger charge is 2.14. The second-order valence-electron chi connectivity index (χ2n) is 2.44. The topological polar surface area (TPSA) is 85.1 Å². The molecule has 0 saturated carbocycles. The highest BCUT2D eigenvalue weighted by Crippen LogP contribution is 2.32. The number of nitrogens with two attached hydrogens (primary N) is 2. The Kier molecular flexibility index (Phi) is 2.72. The van der Waals surface area contributed by atoms with Gasteiger partial charge in [0.1, 0.15) is 6.07 Å². The number of nitrogens with zero attached hydrogens (tertiary/aromatic N) is 1. The van der Waals surface area contributed by atoms with Crippen LogP contribution in [-0.4, -0.2) is 6.61 Å². The maximum Gasteiger partial charge on any atom is 0.387 e. The average molecular weight is 199 g/mol. The fourth-order valence-electron chi connectivity index (χ4n) is 0.919. The van der Waals surface area contributed by atoms with Crippen molar-refractivity contribution in [3.63, 3.8) is 0 Å². The molecule has 0 aliphatic heterocycles. The standard InChI is InChI=1S/C8H7F2N3O/c9-8(10)14-7-4(3-11)1-2-5(12)6(7)13/h1-2,8H,12-13H2. The Morgan fingerprint density at radius 1 is 1.36 bits per heavy atom. The van der Waals surface area contributed by atoms with E-state index in [-0.39, 0.29) is 22.7 Å². The molecule has 0 bridgehead atoms. The molecule has 0 unspecified atom stereocenters. The molecular weight excluding hydrogens is 192 g/mol. The number of alkyl halides is 2. The van der Waals surface area contributed by atoms with Crippen molar-refractivity contribution in [2.45, 2.75) is 6.61 Å². The number of nitriles is 1. The van der Waals surface area contributed by atoms with E-state index >= 15 is 0 Å². The first-order valence-corrected chi connectivity index (χ1v) is 3.59. The van der Waals surface area contributed by atoms with Crippen LogP contribution in [-0.2, 0) is 0 Å². The third-order valence-electron chi connectivity index (χ3n) is 1.56. The van der Waals surface area contributed by atoms with Gasteiger partial charge in [-0.3, -0.25) is 0 Å². The zero-order chi connectivity index (χ0) is 10.7. The highest BCUT2D eigenvalue weighted by atomic mass is 19.3. The zero-order valence-corrected chi connectivity index (χ0v) is 7.00. The third-order valence-corrected chi connectivity index (χ3v) is 1.56. The average Bonchev–Trinajstić information content (AvgIpc) is 2.13. The van der Waals surface area contributed by atoms with Crippen molar-refractivity contribution in [3.8, 4) is 11.8 Å². The predicted octanol–water partition coefficient (Wildman–Crippen LogP) is 1.32. The van der Waals surface area contributed by atoms with Crippen molar-refractivity contribution in [2.75, 3.05) is 11.5 Å². The molecule has 0 spiro atoms. The van der Waals surface area contributed by atoms with Crippen LogP contribution in [0.3, 0.4) is 0 Å².